The average Bonchev–Trinajstić information content (AvgIpc) is 1.90. The quantitative estimate of drug-likeness (QED) is 0.479. The van der Waals surface area contributed by atoms with Gasteiger partial charge in [0.05, 0.1) is 0 Å². The molecule has 3 heteroatoms. The molecule has 0 unspecified atom stereocenters. The Bertz CT molecular complexity index is 57.3. The van der Waals surface area contributed by atoms with Crippen LogP contribution in [-0.2, 0) is 10.9 Å². The predicted octanol–water partition coefficient (Wildman–Crippen LogP) is 2.28. The van der Waals surface area contributed by atoms with Crippen molar-refractivity contribution in [3.63, 3.8) is 0 Å². The molecule has 1 radical (unpaired) electrons. The molecule has 0 bridgehead atoms. The fourth-order valence-electron chi connectivity index (χ4n) is 1.17. The van der Waals surface area contributed by atoms with Crippen LogP contribution >= 0.6 is 0 Å². The van der Waals surface area contributed by atoms with E-state index in [9.17, 15) is 0 Å². The molecule has 0 rings (SSSR count). The van der Waals surface area contributed by atoms with E-state index in [2.05, 4.69) is 20.8 Å². The van der Waals surface area contributed by atoms with E-state index in [1.165, 1.54) is 36.5 Å². The van der Waals surface area contributed by atoms with Gasteiger partial charge in [-0.05, 0) is 30.2 Å². The molecule has 0 fully saturated rings. The van der Waals surface area contributed by atoms with E-state index in [0.29, 0.717) is 0 Å². The molecule has 0 aromatic rings. The summed E-state index contributed by atoms with van der Waals surface area (Å²) in [5.41, 5.74) is 0. The van der Waals surface area contributed by atoms with Gasteiger partial charge in [0.15, 0.2) is 0 Å². The van der Waals surface area contributed by atoms with E-state index in [1.54, 1.807) is 0 Å². The van der Waals surface area contributed by atoms with Crippen LogP contribution in [0, 0.1) is 0 Å². The Labute approximate surface area is 103 Å². The average molecular weight is 201 g/mol. The second-order valence-electron chi connectivity index (χ2n) is 2.72. The zero-order valence-corrected chi connectivity index (χ0v) is 11.9. The molecule has 0 aliphatic heterocycles. The van der Waals surface area contributed by atoms with Gasteiger partial charge in [-0.3, -0.25) is 0 Å². The minimum absolute atomic E-state index is 0. The van der Waals surface area contributed by atoms with Crippen molar-refractivity contribution in [1.82, 2.24) is 0 Å². The minimum Gasteiger partial charge on any atom is -0.870 e. The van der Waals surface area contributed by atoms with E-state index < -0.39 is 0 Å². The van der Waals surface area contributed by atoms with Crippen molar-refractivity contribution < 1.29 is 5.48 Å². The Kier molecular flexibility index (Phi) is 23.4. The van der Waals surface area contributed by atoms with Gasteiger partial charge in [0.2, 0.25) is 0 Å². The summed E-state index contributed by atoms with van der Waals surface area (Å²) in [6.45, 7) is 6.89. The summed E-state index contributed by atoms with van der Waals surface area (Å²) in [4.78, 5) is 0. The first-order valence-electron chi connectivity index (χ1n) is 4.49. The van der Waals surface area contributed by atoms with Crippen molar-refractivity contribution >= 4 is 40.5 Å². The monoisotopic (exact) mass is 201 g/mol. The number of rotatable bonds is 6. The fourth-order valence-corrected chi connectivity index (χ4v) is 3.52. The first-order valence-corrected chi connectivity index (χ1v) is 6.22. The molecule has 71 valence electrons. The largest absolute Gasteiger partial charge is 0.870 e. The van der Waals surface area contributed by atoms with Crippen molar-refractivity contribution in [3.05, 3.63) is 0 Å². The third kappa shape index (κ3) is 11.3. The van der Waals surface area contributed by atoms with Crippen molar-refractivity contribution in [3.8, 4) is 0 Å². The Morgan fingerprint density at radius 3 is 1.17 bits per heavy atom. The second kappa shape index (κ2) is 14.8. The first-order chi connectivity index (χ1) is 4.85. The zero-order valence-electron chi connectivity index (χ0n) is 9.10. The van der Waals surface area contributed by atoms with Gasteiger partial charge >= 0.3 is 0 Å². The molecule has 1 nitrogen and oxygen atoms in total. The van der Waals surface area contributed by atoms with Crippen LogP contribution in [0.25, 0.3) is 0 Å². The topological polar surface area (TPSA) is 30.0 Å². The van der Waals surface area contributed by atoms with Crippen molar-refractivity contribution in [1.29, 1.82) is 0 Å². The molecule has 0 saturated carbocycles. The molecule has 0 aliphatic rings. The summed E-state index contributed by atoms with van der Waals surface area (Å²) in [5, 5.41) is 0. The maximum atomic E-state index is 2.30. The van der Waals surface area contributed by atoms with Gasteiger partial charge in [-0.15, -0.1) is 0 Å². The van der Waals surface area contributed by atoms with Crippen LogP contribution in [0.15, 0.2) is 0 Å². The number of hydrogen-bond acceptors (Lipinski definition) is 1. The van der Waals surface area contributed by atoms with E-state index >= 15 is 0 Å². The van der Waals surface area contributed by atoms with E-state index in [0.717, 1.165) is 10.9 Å². The van der Waals surface area contributed by atoms with Crippen LogP contribution in [0.1, 0.15) is 40.0 Å². The number of hydrogen-bond donors (Lipinski definition) is 0. The van der Waals surface area contributed by atoms with Crippen LogP contribution in [-0.4, -0.2) is 52.3 Å². The molecular formula is C9H22NaOS. The van der Waals surface area contributed by atoms with Crippen LogP contribution in [0.3, 0.4) is 0 Å². The van der Waals surface area contributed by atoms with Crippen LogP contribution in [0.2, 0.25) is 0 Å². The summed E-state index contributed by atoms with van der Waals surface area (Å²) < 4.78 is 0. The fraction of sp³-hybridized carbons (Fsp3) is 1.00. The predicted molar refractivity (Wildman–Crippen MR) is 60.5 cm³/mol. The maximum Gasteiger partial charge on any atom is 0.107 e. The van der Waals surface area contributed by atoms with E-state index in [1.807, 2.05) is 0 Å². The standard InChI is InChI=1S/C9H21S.Na.H2O/c1-4-7-10(8-5-2)9-6-3;;/h4-9H2,1-3H3;;1H2/q+1;;/p-1. The van der Waals surface area contributed by atoms with Gasteiger partial charge in [-0.2, -0.15) is 0 Å². The second-order valence-corrected chi connectivity index (χ2v) is 5.17. The molecule has 0 aromatic heterocycles. The van der Waals surface area contributed by atoms with Crippen LogP contribution in [0.4, 0.5) is 0 Å². The van der Waals surface area contributed by atoms with Gasteiger partial charge < -0.3 is 5.48 Å². The first kappa shape index (κ1) is 19.0. The van der Waals surface area contributed by atoms with Crippen molar-refractivity contribution in [2.45, 2.75) is 40.0 Å². The van der Waals surface area contributed by atoms with Gasteiger partial charge in [-0.1, -0.05) is 20.8 Å². The summed E-state index contributed by atoms with van der Waals surface area (Å²) in [6.07, 6.45) is 4.13. The van der Waals surface area contributed by atoms with Crippen LogP contribution in [0.5, 0.6) is 0 Å². The smallest absolute Gasteiger partial charge is 0.107 e. The SMILES string of the molecule is CCC[S+](CCC)CCC.[Na].[OH-]. The molecule has 0 heterocycles. The minimum atomic E-state index is 0. The third-order valence-electron chi connectivity index (χ3n) is 1.48. The summed E-state index contributed by atoms with van der Waals surface area (Å²) in [5.74, 6) is 4.42. The molecular weight excluding hydrogens is 179 g/mol. The molecule has 0 atom stereocenters. The Morgan fingerprint density at radius 2 is 1.00 bits per heavy atom. The van der Waals surface area contributed by atoms with Crippen LogP contribution < -0.4 is 0 Å². The molecule has 1 N–H and O–H groups in total. The maximum absolute atomic E-state index is 2.30. The van der Waals surface area contributed by atoms with Crippen molar-refractivity contribution in [2.24, 2.45) is 0 Å². The zero-order chi connectivity index (χ0) is 7.82. The van der Waals surface area contributed by atoms with Crippen molar-refractivity contribution in [2.75, 3.05) is 17.3 Å². The molecule has 0 aliphatic carbocycles. The van der Waals surface area contributed by atoms with E-state index in [-0.39, 0.29) is 35.0 Å². The van der Waals surface area contributed by atoms with Gasteiger partial charge in [0.25, 0.3) is 0 Å². The van der Waals surface area contributed by atoms with E-state index in [4.69, 9.17) is 0 Å². The summed E-state index contributed by atoms with van der Waals surface area (Å²) >= 11 is 0. The Hall–Kier alpha value is 1.31. The third-order valence-corrected chi connectivity index (χ3v) is 4.44. The summed E-state index contributed by atoms with van der Waals surface area (Å²) in [6, 6.07) is 0. The van der Waals surface area contributed by atoms with Gasteiger partial charge in [0, 0.05) is 29.6 Å². The van der Waals surface area contributed by atoms with Gasteiger partial charge in [-0.25, -0.2) is 0 Å². The molecule has 0 amide bonds. The van der Waals surface area contributed by atoms with Gasteiger partial charge in [0.1, 0.15) is 17.3 Å². The summed E-state index contributed by atoms with van der Waals surface area (Å²) in [7, 11) is 0.775. The molecule has 0 saturated heterocycles. The Morgan fingerprint density at radius 1 is 0.750 bits per heavy atom. The molecule has 0 spiro atoms. The Balaban J connectivity index is -0.000000405. The normalized spacial score (nSPS) is 9.00. The molecule has 0 aromatic carbocycles. The molecule has 12 heavy (non-hydrogen) atoms.